The highest BCUT2D eigenvalue weighted by Crippen LogP contribution is 2.32. The maximum absolute atomic E-state index is 12.9. The summed E-state index contributed by atoms with van der Waals surface area (Å²) in [7, 11) is 0. The first-order valence-electron chi connectivity index (χ1n) is 8.75. The van der Waals surface area contributed by atoms with E-state index in [4.69, 9.17) is 5.73 Å². The first-order valence-corrected chi connectivity index (χ1v) is 9.73. The lowest BCUT2D eigenvalue weighted by atomic mass is 10.1. The molecule has 0 fully saturated rings. The molecule has 0 saturated heterocycles. The van der Waals surface area contributed by atoms with Crippen LogP contribution in [0.2, 0.25) is 0 Å². The van der Waals surface area contributed by atoms with Gasteiger partial charge in [0.2, 0.25) is 17.0 Å². The Labute approximate surface area is 161 Å². The van der Waals surface area contributed by atoms with Crippen molar-refractivity contribution in [3.8, 4) is 0 Å². The van der Waals surface area contributed by atoms with Crippen LogP contribution in [-0.2, 0) is 23.5 Å². The molecule has 1 aromatic carbocycles. The summed E-state index contributed by atoms with van der Waals surface area (Å²) in [5, 5.41) is 4.93. The van der Waals surface area contributed by atoms with Crippen molar-refractivity contribution in [3.63, 3.8) is 0 Å². The standard InChI is InChI=1S/C19H20N6OS/c1-13-10-14-6-2-3-8-16(14)25(13)17(26)11-24-18(20)22-19(23-24)27-12-15-7-4-5-9-21-15/h2-9,13H,10-12H2,1H3,(H2,20,22,23)/t13-/m1/s1. The largest absolute Gasteiger partial charge is 0.368 e. The third-order valence-corrected chi connectivity index (χ3v) is 5.39. The smallest absolute Gasteiger partial charge is 0.249 e. The van der Waals surface area contributed by atoms with E-state index in [0.29, 0.717) is 10.9 Å². The molecular weight excluding hydrogens is 360 g/mol. The highest BCUT2D eigenvalue weighted by atomic mass is 32.2. The number of benzene rings is 1. The van der Waals surface area contributed by atoms with Gasteiger partial charge in [-0.1, -0.05) is 36.0 Å². The number of fused-ring (bicyclic) bond motifs is 1. The molecule has 3 aromatic rings. The number of aromatic nitrogens is 4. The van der Waals surface area contributed by atoms with Crippen LogP contribution in [0.15, 0.2) is 53.8 Å². The maximum atomic E-state index is 12.9. The predicted octanol–water partition coefficient (Wildman–Crippen LogP) is 2.53. The topological polar surface area (TPSA) is 89.9 Å². The van der Waals surface area contributed by atoms with Gasteiger partial charge >= 0.3 is 0 Å². The molecule has 0 unspecified atom stereocenters. The van der Waals surface area contributed by atoms with Crippen molar-refractivity contribution in [2.75, 3.05) is 10.6 Å². The Bertz CT molecular complexity index is 958. The molecule has 0 aliphatic carbocycles. The summed E-state index contributed by atoms with van der Waals surface area (Å²) in [6, 6.07) is 13.9. The summed E-state index contributed by atoms with van der Waals surface area (Å²) in [6.07, 6.45) is 2.62. The SMILES string of the molecule is C[C@@H]1Cc2ccccc2N1C(=O)Cn1nc(SCc2ccccn2)nc1N. The fourth-order valence-electron chi connectivity index (χ4n) is 3.28. The minimum atomic E-state index is -0.0367. The number of nitrogens with two attached hydrogens (primary N) is 1. The third-order valence-electron chi connectivity index (χ3n) is 4.52. The monoisotopic (exact) mass is 380 g/mol. The summed E-state index contributed by atoms with van der Waals surface area (Å²) >= 11 is 1.45. The minimum absolute atomic E-state index is 0.0367. The van der Waals surface area contributed by atoms with Gasteiger partial charge in [-0.3, -0.25) is 9.78 Å². The fourth-order valence-corrected chi connectivity index (χ4v) is 4.04. The van der Waals surface area contributed by atoms with Crippen molar-refractivity contribution < 1.29 is 4.79 Å². The zero-order valence-electron chi connectivity index (χ0n) is 14.9. The van der Waals surface area contributed by atoms with Gasteiger partial charge in [-0.05, 0) is 37.1 Å². The van der Waals surface area contributed by atoms with E-state index in [1.54, 1.807) is 6.20 Å². The van der Waals surface area contributed by atoms with Crippen LogP contribution >= 0.6 is 11.8 Å². The lowest BCUT2D eigenvalue weighted by molar-refractivity contribution is -0.119. The van der Waals surface area contributed by atoms with Crippen molar-refractivity contribution in [1.82, 2.24) is 19.7 Å². The highest BCUT2D eigenvalue weighted by Gasteiger charge is 2.31. The molecule has 0 saturated carbocycles. The van der Waals surface area contributed by atoms with Gasteiger partial charge in [0, 0.05) is 23.7 Å². The third kappa shape index (κ3) is 3.66. The van der Waals surface area contributed by atoms with Gasteiger partial charge in [0.25, 0.3) is 0 Å². The molecule has 3 heterocycles. The fraction of sp³-hybridized carbons (Fsp3) is 0.263. The average Bonchev–Trinajstić information content (AvgIpc) is 3.19. The zero-order valence-corrected chi connectivity index (χ0v) is 15.8. The van der Waals surface area contributed by atoms with Gasteiger partial charge in [0.1, 0.15) is 6.54 Å². The molecule has 2 aromatic heterocycles. The second-order valence-corrected chi connectivity index (χ2v) is 7.41. The van der Waals surface area contributed by atoms with E-state index in [2.05, 4.69) is 28.1 Å². The second-order valence-electron chi connectivity index (χ2n) is 6.47. The molecule has 1 atom stereocenters. The van der Waals surface area contributed by atoms with Crippen LogP contribution in [0.5, 0.6) is 0 Å². The lowest BCUT2D eigenvalue weighted by Gasteiger charge is -2.22. The average molecular weight is 380 g/mol. The van der Waals surface area contributed by atoms with Gasteiger partial charge in [-0.15, -0.1) is 5.10 Å². The molecule has 8 heteroatoms. The highest BCUT2D eigenvalue weighted by molar-refractivity contribution is 7.98. The van der Waals surface area contributed by atoms with Gasteiger partial charge in [0.05, 0.1) is 5.69 Å². The molecule has 1 aliphatic heterocycles. The first kappa shape index (κ1) is 17.5. The zero-order chi connectivity index (χ0) is 18.8. The summed E-state index contributed by atoms with van der Waals surface area (Å²) in [4.78, 5) is 23.3. The number of para-hydroxylation sites is 1. The molecule has 7 nitrogen and oxygen atoms in total. The summed E-state index contributed by atoms with van der Waals surface area (Å²) < 4.78 is 1.47. The molecule has 0 spiro atoms. The summed E-state index contributed by atoms with van der Waals surface area (Å²) in [6.45, 7) is 2.12. The van der Waals surface area contributed by atoms with E-state index in [9.17, 15) is 4.79 Å². The normalized spacial score (nSPS) is 15.7. The van der Waals surface area contributed by atoms with Crippen molar-refractivity contribution in [3.05, 3.63) is 59.9 Å². The van der Waals surface area contributed by atoms with E-state index in [1.807, 2.05) is 41.3 Å². The number of anilines is 2. The molecule has 138 valence electrons. The number of nitrogens with zero attached hydrogens (tertiary/aromatic N) is 5. The lowest BCUT2D eigenvalue weighted by Crippen LogP contribution is -2.38. The Hall–Kier alpha value is -2.87. The minimum Gasteiger partial charge on any atom is -0.368 e. The number of carbonyl (C=O) groups excluding carboxylic acids is 1. The van der Waals surface area contributed by atoms with Crippen molar-refractivity contribution in [2.24, 2.45) is 0 Å². The molecule has 1 aliphatic rings. The Morgan fingerprint density at radius 1 is 1.26 bits per heavy atom. The number of amides is 1. The van der Waals surface area contributed by atoms with Crippen LogP contribution in [-0.4, -0.2) is 31.7 Å². The number of rotatable bonds is 5. The van der Waals surface area contributed by atoms with Crippen LogP contribution in [0.1, 0.15) is 18.2 Å². The van der Waals surface area contributed by atoms with E-state index in [0.717, 1.165) is 17.8 Å². The number of carbonyl (C=O) groups is 1. The first-order chi connectivity index (χ1) is 13.1. The Morgan fingerprint density at radius 2 is 2.07 bits per heavy atom. The quantitative estimate of drug-likeness (QED) is 0.684. The molecule has 4 rings (SSSR count). The molecule has 0 bridgehead atoms. The predicted molar refractivity (Wildman–Crippen MR) is 105 cm³/mol. The second kappa shape index (κ2) is 7.40. The number of thioether (sulfide) groups is 1. The van der Waals surface area contributed by atoms with E-state index in [1.165, 1.54) is 22.0 Å². The van der Waals surface area contributed by atoms with Gasteiger partial charge in [0.15, 0.2) is 0 Å². The number of pyridine rings is 1. The van der Waals surface area contributed by atoms with E-state index in [-0.39, 0.29) is 24.4 Å². The Balaban J connectivity index is 1.45. The molecular formula is C19H20N6OS. The number of hydrogen-bond acceptors (Lipinski definition) is 6. The molecule has 0 radical (unpaired) electrons. The van der Waals surface area contributed by atoms with Crippen LogP contribution in [0, 0.1) is 0 Å². The number of nitrogen functional groups attached to an aromatic ring is 1. The Kier molecular flexibility index (Phi) is 4.81. The summed E-state index contributed by atoms with van der Waals surface area (Å²) in [5.74, 6) is 0.853. The van der Waals surface area contributed by atoms with Crippen LogP contribution < -0.4 is 10.6 Å². The van der Waals surface area contributed by atoms with Crippen LogP contribution in [0.3, 0.4) is 0 Å². The van der Waals surface area contributed by atoms with E-state index >= 15 is 0 Å². The molecule has 1 amide bonds. The van der Waals surface area contributed by atoms with Crippen molar-refractivity contribution >= 4 is 29.3 Å². The Morgan fingerprint density at radius 3 is 2.89 bits per heavy atom. The van der Waals surface area contributed by atoms with Gasteiger partial charge in [-0.25, -0.2) is 4.68 Å². The van der Waals surface area contributed by atoms with Crippen LogP contribution in [0.4, 0.5) is 11.6 Å². The molecule has 2 N–H and O–H groups in total. The van der Waals surface area contributed by atoms with Crippen molar-refractivity contribution in [1.29, 1.82) is 0 Å². The molecule has 27 heavy (non-hydrogen) atoms. The van der Waals surface area contributed by atoms with Gasteiger partial charge in [-0.2, -0.15) is 4.98 Å². The van der Waals surface area contributed by atoms with Gasteiger partial charge < -0.3 is 10.6 Å². The van der Waals surface area contributed by atoms with Crippen molar-refractivity contribution in [2.45, 2.75) is 36.8 Å². The summed E-state index contributed by atoms with van der Waals surface area (Å²) in [5.41, 5.74) is 9.08. The van der Waals surface area contributed by atoms with Crippen LogP contribution in [0.25, 0.3) is 0 Å². The number of hydrogen-bond donors (Lipinski definition) is 1. The maximum Gasteiger partial charge on any atom is 0.249 e. The van der Waals surface area contributed by atoms with E-state index < -0.39 is 0 Å².